The Bertz CT molecular complexity index is 265. The van der Waals surface area contributed by atoms with Gasteiger partial charge in [0.25, 0.3) is 0 Å². The van der Waals surface area contributed by atoms with Crippen LogP contribution in [0.15, 0.2) is 18.5 Å². The van der Waals surface area contributed by atoms with E-state index in [1.165, 1.54) is 18.4 Å². The molecular formula is C11H18N2O. The lowest BCUT2D eigenvalue weighted by molar-refractivity contribution is 0.208. The quantitative estimate of drug-likeness (QED) is 0.590. The second-order valence-corrected chi connectivity index (χ2v) is 4.30. The van der Waals surface area contributed by atoms with Crippen molar-refractivity contribution in [1.29, 1.82) is 0 Å². The molecule has 1 aliphatic rings. The highest BCUT2D eigenvalue weighted by atomic mass is 16.3. The summed E-state index contributed by atoms with van der Waals surface area (Å²) >= 11 is 0. The Hall–Kier alpha value is -0.800. The molecule has 3 nitrogen and oxygen atoms in total. The molecule has 3 heteroatoms. The number of rotatable bonds is 6. The summed E-state index contributed by atoms with van der Waals surface area (Å²) in [7, 11) is 0. The second kappa shape index (κ2) is 4.15. The van der Waals surface area contributed by atoms with Crippen LogP contribution < -0.4 is 5.32 Å². The van der Waals surface area contributed by atoms with Gasteiger partial charge in [-0.2, -0.15) is 0 Å². The van der Waals surface area contributed by atoms with Gasteiger partial charge >= 0.3 is 0 Å². The van der Waals surface area contributed by atoms with Crippen LogP contribution in [0.25, 0.3) is 0 Å². The number of hydrogen-bond acceptors (Lipinski definition) is 2. The molecule has 0 amide bonds. The van der Waals surface area contributed by atoms with Crippen molar-refractivity contribution in [2.24, 2.45) is 5.41 Å². The molecule has 14 heavy (non-hydrogen) atoms. The minimum absolute atomic E-state index is 0.234. The second-order valence-electron chi connectivity index (χ2n) is 4.30. The number of aromatic nitrogens is 1. The van der Waals surface area contributed by atoms with Crippen molar-refractivity contribution in [1.82, 2.24) is 10.3 Å². The molecule has 0 atom stereocenters. The first-order valence-electron chi connectivity index (χ1n) is 5.28. The molecule has 78 valence electrons. The molecule has 0 radical (unpaired) electrons. The molecule has 2 rings (SSSR count). The summed E-state index contributed by atoms with van der Waals surface area (Å²) < 4.78 is 0. The minimum Gasteiger partial charge on any atom is -0.396 e. The van der Waals surface area contributed by atoms with Crippen molar-refractivity contribution >= 4 is 0 Å². The van der Waals surface area contributed by atoms with Crippen LogP contribution in [-0.2, 0) is 6.42 Å². The van der Waals surface area contributed by atoms with Crippen LogP contribution >= 0.6 is 0 Å². The summed E-state index contributed by atoms with van der Waals surface area (Å²) in [6.07, 6.45) is 7.40. The summed E-state index contributed by atoms with van der Waals surface area (Å²) in [6.45, 7) is 2.30. The van der Waals surface area contributed by atoms with Gasteiger partial charge in [0.2, 0.25) is 0 Å². The van der Waals surface area contributed by atoms with Crippen LogP contribution in [0.2, 0.25) is 0 Å². The smallest absolute Gasteiger partial charge is 0.0499 e. The molecule has 1 aliphatic carbocycles. The van der Waals surface area contributed by atoms with Gasteiger partial charge in [0.1, 0.15) is 0 Å². The third-order valence-electron chi connectivity index (χ3n) is 3.05. The van der Waals surface area contributed by atoms with E-state index in [1.807, 2.05) is 12.4 Å². The largest absolute Gasteiger partial charge is 0.396 e. The zero-order chi connectivity index (χ0) is 9.86. The molecule has 1 heterocycles. The maximum atomic E-state index is 9.09. The maximum Gasteiger partial charge on any atom is 0.0499 e. The van der Waals surface area contributed by atoms with Gasteiger partial charge < -0.3 is 15.4 Å². The summed E-state index contributed by atoms with van der Waals surface area (Å²) in [5.74, 6) is 0. The molecule has 0 unspecified atom stereocenters. The average molecular weight is 194 g/mol. The standard InChI is InChI=1S/C11H18N2O/c14-9-11(3-4-11)8-13-6-2-10-1-5-12-7-10/h1,5,7,12-14H,2-4,6,8-9H2. The predicted molar refractivity (Wildman–Crippen MR) is 56.1 cm³/mol. The SMILES string of the molecule is OCC1(CNCCc2cc[nH]c2)CC1. The van der Waals surface area contributed by atoms with Gasteiger partial charge in [0.05, 0.1) is 0 Å². The fourth-order valence-electron chi connectivity index (χ4n) is 1.67. The predicted octanol–water partition coefficient (Wildman–Crippen LogP) is 0.919. The van der Waals surface area contributed by atoms with E-state index in [4.69, 9.17) is 5.11 Å². The van der Waals surface area contributed by atoms with E-state index in [1.54, 1.807) is 0 Å². The van der Waals surface area contributed by atoms with E-state index in [2.05, 4.69) is 16.4 Å². The molecule has 0 spiro atoms. The van der Waals surface area contributed by atoms with Crippen LogP contribution in [-0.4, -0.2) is 29.8 Å². The van der Waals surface area contributed by atoms with Crippen molar-refractivity contribution in [3.63, 3.8) is 0 Å². The van der Waals surface area contributed by atoms with Crippen LogP contribution in [0.1, 0.15) is 18.4 Å². The molecule has 0 saturated heterocycles. The van der Waals surface area contributed by atoms with E-state index in [0.717, 1.165) is 19.5 Å². The van der Waals surface area contributed by atoms with Crippen molar-refractivity contribution < 1.29 is 5.11 Å². The highest BCUT2D eigenvalue weighted by molar-refractivity contribution is 5.08. The van der Waals surface area contributed by atoms with Crippen molar-refractivity contribution in [3.8, 4) is 0 Å². The Balaban J connectivity index is 1.60. The molecule has 1 saturated carbocycles. The Morgan fingerprint density at radius 3 is 2.93 bits per heavy atom. The molecular weight excluding hydrogens is 176 g/mol. The van der Waals surface area contributed by atoms with E-state index < -0.39 is 0 Å². The first-order valence-corrected chi connectivity index (χ1v) is 5.28. The number of hydrogen-bond donors (Lipinski definition) is 3. The fraction of sp³-hybridized carbons (Fsp3) is 0.636. The van der Waals surface area contributed by atoms with Gasteiger partial charge in [-0.1, -0.05) is 0 Å². The maximum absolute atomic E-state index is 9.09. The van der Waals surface area contributed by atoms with Gasteiger partial charge in [-0.3, -0.25) is 0 Å². The molecule has 1 fully saturated rings. The first-order chi connectivity index (χ1) is 6.85. The van der Waals surface area contributed by atoms with Crippen molar-refractivity contribution in [2.75, 3.05) is 19.7 Å². The zero-order valence-electron chi connectivity index (χ0n) is 8.42. The van der Waals surface area contributed by atoms with E-state index in [0.29, 0.717) is 6.61 Å². The average Bonchev–Trinajstić information content (AvgIpc) is 2.81. The highest BCUT2D eigenvalue weighted by Crippen LogP contribution is 2.44. The monoisotopic (exact) mass is 194 g/mol. The highest BCUT2D eigenvalue weighted by Gasteiger charge is 2.41. The Morgan fingerprint density at radius 1 is 1.50 bits per heavy atom. The minimum atomic E-state index is 0.234. The third kappa shape index (κ3) is 2.36. The van der Waals surface area contributed by atoms with Gasteiger partial charge in [0, 0.05) is 31.0 Å². The first kappa shape index (κ1) is 9.74. The fourth-order valence-corrected chi connectivity index (χ4v) is 1.67. The lowest BCUT2D eigenvalue weighted by Crippen LogP contribution is -2.28. The lowest BCUT2D eigenvalue weighted by Gasteiger charge is -2.11. The normalized spacial score (nSPS) is 18.4. The number of H-pyrrole nitrogens is 1. The van der Waals surface area contributed by atoms with Crippen molar-refractivity contribution in [2.45, 2.75) is 19.3 Å². The Morgan fingerprint density at radius 2 is 2.36 bits per heavy atom. The number of aliphatic hydroxyl groups is 1. The van der Waals surface area contributed by atoms with Crippen LogP contribution in [0.3, 0.4) is 0 Å². The van der Waals surface area contributed by atoms with Crippen LogP contribution in [0, 0.1) is 5.41 Å². The molecule has 3 N–H and O–H groups in total. The summed E-state index contributed by atoms with van der Waals surface area (Å²) in [5.41, 5.74) is 1.57. The number of aromatic amines is 1. The molecule has 0 aliphatic heterocycles. The summed E-state index contributed by atoms with van der Waals surface area (Å²) in [6, 6.07) is 2.10. The Labute approximate surface area is 84.5 Å². The molecule has 0 bridgehead atoms. The number of aliphatic hydroxyl groups excluding tert-OH is 1. The van der Waals surface area contributed by atoms with E-state index >= 15 is 0 Å². The third-order valence-corrected chi connectivity index (χ3v) is 3.05. The van der Waals surface area contributed by atoms with Gasteiger partial charge in [0.15, 0.2) is 0 Å². The van der Waals surface area contributed by atoms with Gasteiger partial charge in [-0.25, -0.2) is 0 Å². The van der Waals surface area contributed by atoms with E-state index in [9.17, 15) is 0 Å². The van der Waals surface area contributed by atoms with Gasteiger partial charge in [-0.15, -0.1) is 0 Å². The summed E-state index contributed by atoms with van der Waals surface area (Å²) in [4.78, 5) is 3.04. The van der Waals surface area contributed by atoms with Crippen LogP contribution in [0.5, 0.6) is 0 Å². The van der Waals surface area contributed by atoms with E-state index in [-0.39, 0.29) is 5.41 Å². The molecule has 1 aromatic rings. The zero-order valence-corrected chi connectivity index (χ0v) is 8.42. The van der Waals surface area contributed by atoms with Crippen LogP contribution in [0.4, 0.5) is 0 Å². The summed E-state index contributed by atoms with van der Waals surface area (Å²) in [5, 5.41) is 12.5. The number of nitrogens with one attached hydrogen (secondary N) is 2. The van der Waals surface area contributed by atoms with Crippen molar-refractivity contribution in [3.05, 3.63) is 24.0 Å². The Kier molecular flexibility index (Phi) is 2.89. The topological polar surface area (TPSA) is 48.0 Å². The van der Waals surface area contributed by atoms with Gasteiger partial charge in [-0.05, 0) is 37.4 Å². The molecule has 0 aromatic carbocycles. The molecule has 1 aromatic heterocycles. The lowest BCUT2D eigenvalue weighted by atomic mass is 10.1.